The van der Waals surface area contributed by atoms with Gasteiger partial charge in [0.2, 0.25) is 0 Å². The molecule has 1 saturated heterocycles. The summed E-state index contributed by atoms with van der Waals surface area (Å²) in [6.45, 7) is 11.7. The third kappa shape index (κ3) is 4.24. The van der Waals surface area contributed by atoms with Gasteiger partial charge in [-0.05, 0) is 49.4 Å². The topological polar surface area (TPSA) is 21.3 Å². The summed E-state index contributed by atoms with van der Waals surface area (Å²) in [5.41, 5.74) is 0.958. The maximum atomic E-state index is 5.81. The molecular weight excluding hydrogens is 222 g/mol. The lowest BCUT2D eigenvalue weighted by Crippen LogP contribution is -2.46. The molecule has 0 aromatic carbocycles. The summed E-state index contributed by atoms with van der Waals surface area (Å²) in [6.07, 6.45) is 8.26. The molecule has 0 radical (unpaired) electrons. The Kier molecular flexibility index (Phi) is 4.38. The first-order valence-electron chi connectivity index (χ1n) is 7.71. The molecule has 0 aromatic rings. The Hall–Kier alpha value is -0.0800. The van der Waals surface area contributed by atoms with E-state index >= 15 is 0 Å². The molecule has 1 N–H and O–H groups in total. The number of nitrogens with one attached hydrogen (secondary N) is 1. The lowest BCUT2D eigenvalue weighted by Gasteiger charge is -2.45. The molecule has 0 spiro atoms. The van der Waals surface area contributed by atoms with Gasteiger partial charge in [0.1, 0.15) is 0 Å². The van der Waals surface area contributed by atoms with Crippen LogP contribution in [-0.2, 0) is 4.74 Å². The van der Waals surface area contributed by atoms with Crippen molar-refractivity contribution in [2.45, 2.75) is 78.4 Å². The lowest BCUT2D eigenvalue weighted by molar-refractivity contribution is 0.00895. The third-order valence-electron chi connectivity index (χ3n) is 4.46. The van der Waals surface area contributed by atoms with Crippen molar-refractivity contribution in [3.8, 4) is 0 Å². The van der Waals surface area contributed by atoms with Crippen LogP contribution in [0.15, 0.2) is 0 Å². The summed E-state index contributed by atoms with van der Waals surface area (Å²) in [4.78, 5) is 0. The molecule has 2 fully saturated rings. The molecule has 1 saturated carbocycles. The van der Waals surface area contributed by atoms with E-state index < -0.39 is 0 Å². The number of hydrogen-bond donors (Lipinski definition) is 1. The van der Waals surface area contributed by atoms with Gasteiger partial charge in [0.15, 0.2) is 0 Å². The predicted molar refractivity (Wildman–Crippen MR) is 76.8 cm³/mol. The first kappa shape index (κ1) is 14.3. The van der Waals surface area contributed by atoms with Crippen molar-refractivity contribution < 1.29 is 4.74 Å². The Balaban J connectivity index is 1.81. The van der Waals surface area contributed by atoms with E-state index in [9.17, 15) is 0 Å². The first-order chi connectivity index (χ1) is 8.36. The van der Waals surface area contributed by atoms with Crippen molar-refractivity contribution in [2.24, 2.45) is 10.8 Å². The Morgan fingerprint density at radius 2 is 1.72 bits per heavy atom. The minimum atomic E-state index is 0.465. The van der Waals surface area contributed by atoms with Crippen molar-refractivity contribution in [1.82, 2.24) is 5.32 Å². The van der Waals surface area contributed by atoms with E-state index in [1.165, 1.54) is 38.5 Å². The number of hydrogen-bond acceptors (Lipinski definition) is 2. The maximum Gasteiger partial charge on any atom is 0.0699 e. The Morgan fingerprint density at radius 1 is 1.06 bits per heavy atom. The highest BCUT2D eigenvalue weighted by Gasteiger charge is 2.38. The Labute approximate surface area is 113 Å². The van der Waals surface area contributed by atoms with Crippen molar-refractivity contribution in [3.63, 3.8) is 0 Å². The van der Waals surface area contributed by atoms with Gasteiger partial charge in [-0.3, -0.25) is 0 Å². The molecule has 2 nitrogen and oxygen atoms in total. The molecule has 2 aliphatic rings. The average molecular weight is 253 g/mol. The van der Waals surface area contributed by atoms with Gasteiger partial charge in [-0.25, -0.2) is 0 Å². The van der Waals surface area contributed by atoms with Gasteiger partial charge in [0, 0.05) is 19.2 Å². The average Bonchev–Trinajstić information content (AvgIpc) is 2.24. The zero-order valence-electron chi connectivity index (χ0n) is 12.7. The molecule has 1 unspecified atom stereocenters. The van der Waals surface area contributed by atoms with Crippen LogP contribution in [0.5, 0.6) is 0 Å². The van der Waals surface area contributed by atoms with E-state index in [0.717, 1.165) is 13.2 Å². The molecular formula is C16H31NO. The molecule has 1 aliphatic heterocycles. The van der Waals surface area contributed by atoms with Crippen LogP contribution in [0.3, 0.4) is 0 Å². The summed E-state index contributed by atoms with van der Waals surface area (Å²) in [6, 6.07) is 0.675. The van der Waals surface area contributed by atoms with E-state index in [0.29, 0.717) is 23.0 Å². The molecule has 1 aliphatic carbocycles. The fraction of sp³-hybridized carbons (Fsp3) is 1.00. The number of rotatable bonds is 3. The van der Waals surface area contributed by atoms with E-state index in [4.69, 9.17) is 4.74 Å². The molecule has 2 heteroatoms. The quantitative estimate of drug-likeness (QED) is 0.827. The summed E-state index contributed by atoms with van der Waals surface area (Å²) < 4.78 is 5.81. The predicted octanol–water partition coefficient (Wildman–Crippen LogP) is 3.75. The molecule has 1 atom stereocenters. The second kappa shape index (κ2) is 5.50. The first-order valence-corrected chi connectivity index (χ1v) is 7.71. The van der Waals surface area contributed by atoms with Gasteiger partial charge in [0.05, 0.1) is 6.10 Å². The maximum absolute atomic E-state index is 5.81. The molecule has 1 heterocycles. The van der Waals surface area contributed by atoms with Crippen molar-refractivity contribution in [1.29, 1.82) is 0 Å². The summed E-state index contributed by atoms with van der Waals surface area (Å²) in [5, 5.41) is 3.78. The standard InChI is InChI=1S/C16H31NO/c1-15(2)9-13(10-16(3,4)12-15)17-11-14-7-5-6-8-18-14/h13-14,17H,5-12H2,1-4H3. The van der Waals surface area contributed by atoms with Crippen LogP contribution in [0.2, 0.25) is 0 Å². The van der Waals surface area contributed by atoms with Crippen LogP contribution in [0.1, 0.15) is 66.2 Å². The monoisotopic (exact) mass is 253 g/mol. The zero-order valence-corrected chi connectivity index (χ0v) is 12.7. The van der Waals surface area contributed by atoms with Crippen LogP contribution in [-0.4, -0.2) is 25.3 Å². The minimum Gasteiger partial charge on any atom is -0.377 e. The van der Waals surface area contributed by atoms with E-state index in [-0.39, 0.29) is 0 Å². The summed E-state index contributed by atoms with van der Waals surface area (Å²) in [7, 11) is 0. The van der Waals surface area contributed by atoms with Gasteiger partial charge in [-0.15, -0.1) is 0 Å². The fourth-order valence-corrected chi connectivity index (χ4v) is 4.26. The van der Waals surface area contributed by atoms with Crippen LogP contribution < -0.4 is 5.32 Å². The molecule has 0 amide bonds. The molecule has 18 heavy (non-hydrogen) atoms. The van der Waals surface area contributed by atoms with Crippen LogP contribution in [0, 0.1) is 10.8 Å². The van der Waals surface area contributed by atoms with E-state index in [1.54, 1.807) is 0 Å². The summed E-state index contributed by atoms with van der Waals surface area (Å²) in [5.74, 6) is 0. The second-order valence-corrected chi connectivity index (χ2v) is 8.01. The minimum absolute atomic E-state index is 0.465. The largest absolute Gasteiger partial charge is 0.377 e. The normalized spacial score (nSPS) is 32.3. The molecule has 0 aromatic heterocycles. The Morgan fingerprint density at radius 3 is 2.28 bits per heavy atom. The smallest absolute Gasteiger partial charge is 0.0699 e. The van der Waals surface area contributed by atoms with Gasteiger partial charge < -0.3 is 10.1 Å². The molecule has 2 rings (SSSR count). The van der Waals surface area contributed by atoms with Gasteiger partial charge >= 0.3 is 0 Å². The van der Waals surface area contributed by atoms with Crippen molar-refractivity contribution in [2.75, 3.05) is 13.2 Å². The van der Waals surface area contributed by atoms with Gasteiger partial charge in [0.25, 0.3) is 0 Å². The summed E-state index contributed by atoms with van der Waals surface area (Å²) >= 11 is 0. The molecule has 0 bridgehead atoms. The number of ether oxygens (including phenoxy) is 1. The zero-order chi connectivity index (χ0) is 13.2. The van der Waals surface area contributed by atoms with Crippen molar-refractivity contribution >= 4 is 0 Å². The Bertz CT molecular complexity index is 250. The lowest BCUT2D eigenvalue weighted by atomic mass is 9.63. The highest BCUT2D eigenvalue weighted by Crippen LogP contribution is 2.45. The van der Waals surface area contributed by atoms with Crippen LogP contribution in [0.25, 0.3) is 0 Å². The van der Waals surface area contributed by atoms with Crippen LogP contribution >= 0.6 is 0 Å². The third-order valence-corrected chi connectivity index (χ3v) is 4.46. The fourth-order valence-electron chi connectivity index (χ4n) is 4.26. The van der Waals surface area contributed by atoms with Gasteiger partial charge in [-0.2, -0.15) is 0 Å². The van der Waals surface area contributed by atoms with E-state index in [1.807, 2.05) is 0 Å². The van der Waals surface area contributed by atoms with Crippen LogP contribution in [0.4, 0.5) is 0 Å². The highest BCUT2D eigenvalue weighted by molar-refractivity contribution is 4.92. The highest BCUT2D eigenvalue weighted by atomic mass is 16.5. The second-order valence-electron chi connectivity index (χ2n) is 8.01. The molecule has 106 valence electrons. The SMILES string of the molecule is CC1(C)CC(NCC2CCCCO2)CC(C)(C)C1. The van der Waals surface area contributed by atoms with Crippen molar-refractivity contribution in [3.05, 3.63) is 0 Å². The van der Waals surface area contributed by atoms with E-state index in [2.05, 4.69) is 33.0 Å². The van der Waals surface area contributed by atoms with Gasteiger partial charge in [-0.1, -0.05) is 27.7 Å².